The molecule has 3 aromatic rings. The highest BCUT2D eigenvalue weighted by molar-refractivity contribution is 7.17. The van der Waals surface area contributed by atoms with E-state index in [0.29, 0.717) is 18.8 Å². The molecule has 6 nitrogen and oxygen atoms in total. The van der Waals surface area contributed by atoms with Crippen molar-refractivity contribution in [3.63, 3.8) is 0 Å². The molecule has 0 saturated carbocycles. The molecule has 0 spiro atoms. The largest absolute Gasteiger partial charge is 0.385 e. The lowest BCUT2D eigenvalue weighted by Gasteiger charge is -2.16. The van der Waals surface area contributed by atoms with Crippen LogP contribution in [0.1, 0.15) is 6.42 Å². The van der Waals surface area contributed by atoms with Crippen molar-refractivity contribution >= 4 is 33.3 Å². The first-order chi connectivity index (χ1) is 11.7. The number of carbonyl (C=O) groups is 1. The summed E-state index contributed by atoms with van der Waals surface area (Å²) in [6, 6.07) is 9.47. The zero-order valence-electron chi connectivity index (χ0n) is 13.2. The third-order valence-corrected chi connectivity index (χ3v) is 4.61. The van der Waals surface area contributed by atoms with E-state index in [2.05, 4.69) is 15.3 Å². The van der Waals surface area contributed by atoms with Crippen LogP contribution < -0.4 is 11.1 Å². The molecule has 0 aliphatic rings. The number of nitrogens with zero attached hydrogens (tertiary/aromatic N) is 2. The molecule has 0 unspecified atom stereocenters. The highest BCUT2D eigenvalue weighted by atomic mass is 32.1. The number of aromatic nitrogens is 2. The number of carbonyl (C=O) groups excluding carboxylic acids is 1. The SMILES string of the molecule is COCC[C@H](Nc1ncnc2scc(-c3ccccc3)c12)C(N)=O. The van der Waals surface area contributed by atoms with E-state index in [1.54, 1.807) is 18.4 Å². The Bertz CT molecular complexity index is 835. The van der Waals surface area contributed by atoms with Gasteiger partial charge in [0, 0.05) is 24.7 Å². The fourth-order valence-corrected chi connectivity index (χ4v) is 3.42. The van der Waals surface area contributed by atoms with E-state index in [0.717, 1.165) is 21.3 Å². The van der Waals surface area contributed by atoms with Crippen LogP contribution in [0.2, 0.25) is 0 Å². The van der Waals surface area contributed by atoms with Gasteiger partial charge in [0.05, 0.1) is 5.39 Å². The van der Waals surface area contributed by atoms with Gasteiger partial charge < -0.3 is 15.8 Å². The maximum absolute atomic E-state index is 11.7. The van der Waals surface area contributed by atoms with E-state index >= 15 is 0 Å². The summed E-state index contributed by atoms with van der Waals surface area (Å²) >= 11 is 1.54. The summed E-state index contributed by atoms with van der Waals surface area (Å²) in [6.45, 7) is 0.435. The minimum absolute atomic E-state index is 0.435. The van der Waals surface area contributed by atoms with E-state index in [1.807, 2.05) is 35.7 Å². The smallest absolute Gasteiger partial charge is 0.240 e. The molecule has 3 rings (SSSR count). The molecule has 0 bridgehead atoms. The third-order valence-electron chi connectivity index (χ3n) is 3.72. The number of hydrogen-bond acceptors (Lipinski definition) is 6. The summed E-state index contributed by atoms with van der Waals surface area (Å²) in [4.78, 5) is 21.2. The van der Waals surface area contributed by atoms with Crippen LogP contribution in [0.3, 0.4) is 0 Å². The number of thiophene rings is 1. The lowest BCUT2D eigenvalue weighted by Crippen LogP contribution is -2.36. The summed E-state index contributed by atoms with van der Waals surface area (Å²) in [5.41, 5.74) is 7.61. The number of rotatable bonds is 7. The molecule has 0 saturated heterocycles. The Hall–Kier alpha value is -2.51. The molecule has 7 heteroatoms. The topological polar surface area (TPSA) is 90.1 Å². The normalized spacial score (nSPS) is 12.2. The van der Waals surface area contributed by atoms with Crippen LogP contribution in [0, 0.1) is 0 Å². The molecule has 1 atom stereocenters. The van der Waals surface area contributed by atoms with Gasteiger partial charge in [-0.3, -0.25) is 4.79 Å². The predicted octanol–water partition coefficient (Wildman–Crippen LogP) is 2.66. The minimum Gasteiger partial charge on any atom is -0.385 e. The monoisotopic (exact) mass is 342 g/mol. The first kappa shape index (κ1) is 16.4. The fraction of sp³-hybridized carbons (Fsp3) is 0.235. The van der Waals surface area contributed by atoms with Crippen molar-refractivity contribution in [1.29, 1.82) is 0 Å². The quantitative estimate of drug-likeness (QED) is 0.689. The van der Waals surface area contributed by atoms with Crippen molar-refractivity contribution in [2.75, 3.05) is 19.0 Å². The lowest BCUT2D eigenvalue weighted by atomic mass is 10.1. The van der Waals surface area contributed by atoms with Crippen LogP contribution in [-0.2, 0) is 9.53 Å². The van der Waals surface area contributed by atoms with Gasteiger partial charge in [0.25, 0.3) is 0 Å². The van der Waals surface area contributed by atoms with Crippen molar-refractivity contribution in [3.8, 4) is 11.1 Å². The number of hydrogen-bond donors (Lipinski definition) is 2. The summed E-state index contributed by atoms with van der Waals surface area (Å²) in [5.74, 6) is 0.176. The van der Waals surface area contributed by atoms with E-state index < -0.39 is 11.9 Å². The average molecular weight is 342 g/mol. The van der Waals surface area contributed by atoms with Gasteiger partial charge in [-0.1, -0.05) is 30.3 Å². The van der Waals surface area contributed by atoms with Crippen molar-refractivity contribution in [2.24, 2.45) is 5.73 Å². The zero-order chi connectivity index (χ0) is 16.9. The van der Waals surface area contributed by atoms with Crippen LogP contribution in [0.5, 0.6) is 0 Å². The Morgan fingerprint density at radius 2 is 2.12 bits per heavy atom. The van der Waals surface area contributed by atoms with Gasteiger partial charge in [-0.15, -0.1) is 11.3 Å². The Morgan fingerprint density at radius 3 is 2.83 bits per heavy atom. The van der Waals surface area contributed by atoms with Crippen LogP contribution in [0.4, 0.5) is 5.82 Å². The summed E-state index contributed by atoms with van der Waals surface area (Å²) in [5, 5.41) is 6.10. The van der Waals surface area contributed by atoms with Gasteiger partial charge in [-0.05, 0) is 12.0 Å². The predicted molar refractivity (Wildman–Crippen MR) is 95.9 cm³/mol. The second-order valence-electron chi connectivity index (χ2n) is 5.30. The Morgan fingerprint density at radius 1 is 1.33 bits per heavy atom. The summed E-state index contributed by atoms with van der Waals surface area (Å²) in [7, 11) is 1.59. The maximum Gasteiger partial charge on any atom is 0.240 e. The molecule has 2 heterocycles. The summed E-state index contributed by atoms with van der Waals surface area (Å²) in [6.07, 6.45) is 1.96. The molecular formula is C17H18N4O2S. The lowest BCUT2D eigenvalue weighted by molar-refractivity contribution is -0.119. The molecule has 0 aliphatic heterocycles. The molecule has 24 heavy (non-hydrogen) atoms. The van der Waals surface area contributed by atoms with Crippen LogP contribution in [0.15, 0.2) is 42.0 Å². The number of benzene rings is 1. The van der Waals surface area contributed by atoms with Crippen molar-refractivity contribution in [1.82, 2.24) is 9.97 Å². The molecular weight excluding hydrogens is 324 g/mol. The molecule has 0 fully saturated rings. The van der Waals surface area contributed by atoms with Crippen LogP contribution >= 0.6 is 11.3 Å². The van der Waals surface area contributed by atoms with Crippen molar-refractivity contribution < 1.29 is 9.53 Å². The second-order valence-corrected chi connectivity index (χ2v) is 6.16. The average Bonchev–Trinajstić information content (AvgIpc) is 3.04. The molecule has 2 aromatic heterocycles. The Kier molecular flexibility index (Phi) is 5.02. The number of nitrogens with two attached hydrogens (primary N) is 1. The number of amides is 1. The summed E-state index contributed by atoms with van der Waals surface area (Å²) < 4.78 is 5.05. The molecule has 0 radical (unpaired) electrons. The van der Waals surface area contributed by atoms with E-state index in [9.17, 15) is 4.79 Å². The molecule has 1 amide bonds. The van der Waals surface area contributed by atoms with E-state index in [1.165, 1.54) is 6.33 Å². The molecule has 124 valence electrons. The second kappa shape index (κ2) is 7.37. The number of anilines is 1. The van der Waals surface area contributed by atoms with Gasteiger partial charge in [-0.2, -0.15) is 0 Å². The molecule has 0 aliphatic carbocycles. The highest BCUT2D eigenvalue weighted by Crippen LogP contribution is 2.36. The Labute approximate surface area is 143 Å². The van der Waals surface area contributed by atoms with Crippen molar-refractivity contribution in [2.45, 2.75) is 12.5 Å². The number of primary amides is 1. The minimum atomic E-state index is -0.549. The van der Waals surface area contributed by atoms with Gasteiger partial charge in [0.2, 0.25) is 5.91 Å². The molecule has 1 aromatic carbocycles. The van der Waals surface area contributed by atoms with Gasteiger partial charge in [0.1, 0.15) is 23.0 Å². The van der Waals surface area contributed by atoms with Gasteiger partial charge in [0.15, 0.2) is 0 Å². The standard InChI is InChI=1S/C17H18N4O2S/c1-23-8-7-13(15(18)22)21-16-14-12(11-5-3-2-4-6-11)9-24-17(14)20-10-19-16/h2-6,9-10,13H,7-8H2,1H3,(H2,18,22)(H,19,20,21)/t13-/m0/s1. The number of fused-ring (bicyclic) bond motifs is 1. The number of ether oxygens (including phenoxy) is 1. The maximum atomic E-state index is 11.7. The van der Waals surface area contributed by atoms with Crippen LogP contribution in [0.25, 0.3) is 21.3 Å². The van der Waals surface area contributed by atoms with E-state index in [-0.39, 0.29) is 0 Å². The Balaban J connectivity index is 2.02. The van der Waals surface area contributed by atoms with Gasteiger partial charge in [-0.25, -0.2) is 9.97 Å². The number of methoxy groups -OCH3 is 1. The number of nitrogens with one attached hydrogen (secondary N) is 1. The van der Waals surface area contributed by atoms with Gasteiger partial charge >= 0.3 is 0 Å². The fourth-order valence-electron chi connectivity index (χ4n) is 2.50. The first-order valence-electron chi connectivity index (χ1n) is 7.53. The highest BCUT2D eigenvalue weighted by Gasteiger charge is 2.19. The first-order valence-corrected chi connectivity index (χ1v) is 8.41. The van der Waals surface area contributed by atoms with Crippen molar-refractivity contribution in [3.05, 3.63) is 42.0 Å². The molecule has 3 N–H and O–H groups in total. The van der Waals surface area contributed by atoms with E-state index in [4.69, 9.17) is 10.5 Å². The zero-order valence-corrected chi connectivity index (χ0v) is 14.0. The third kappa shape index (κ3) is 3.37. The van der Waals surface area contributed by atoms with Crippen LogP contribution in [-0.4, -0.2) is 35.6 Å².